The number of aryl methyl sites for hydroxylation is 1. The summed E-state index contributed by atoms with van der Waals surface area (Å²) in [5, 5.41) is 4.34. The summed E-state index contributed by atoms with van der Waals surface area (Å²) in [4.78, 5) is 21.0. The molecule has 4 rings (SSSR count). The van der Waals surface area contributed by atoms with Gasteiger partial charge in [-0.25, -0.2) is 4.98 Å². The molecule has 1 unspecified atom stereocenters. The van der Waals surface area contributed by atoms with Gasteiger partial charge in [-0.2, -0.15) is 0 Å². The zero-order valence-electron chi connectivity index (χ0n) is 12.1. The second-order valence-electron chi connectivity index (χ2n) is 5.74. The maximum atomic E-state index is 12.4. The lowest BCUT2D eigenvalue weighted by molar-refractivity contribution is -0.125. The number of nitrogens with zero attached hydrogens (tertiary/aromatic N) is 1. The van der Waals surface area contributed by atoms with Gasteiger partial charge in [0, 0.05) is 27.6 Å². The number of amides is 1. The van der Waals surface area contributed by atoms with Crippen LogP contribution in [0.1, 0.15) is 22.7 Å². The molecule has 2 heterocycles. The van der Waals surface area contributed by atoms with E-state index in [-0.39, 0.29) is 11.8 Å². The Labute approximate surface area is 132 Å². The van der Waals surface area contributed by atoms with Crippen LogP contribution in [0.5, 0.6) is 0 Å². The average molecular weight is 311 g/mol. The van der Waals surface area contributed by atoms with Crippen LogP contribution in [0.15, 0.2) is 36.7 Å². The SMILES string of the molecule is O=C(NCc1cc2ccccc2s1)C1CCc2nc[nH]c2C1. The first kappa shape index (κ1) is 13.5. The summed E-state index contributed by atoms with van der Waals surface area (Å²) in [5.74, 6) is 0.208. The minimum atomic E-state index is 0.0577. The zero-order chi connectivity index (χ0) is 14.9. The number of nitrogens with one attached hydrogen (secondary N) is 2. The number of benzene rings is 1. The first-order chi connectivity index (χ1) is 10.8. The molecule has 5 heteroatoms. The molecular weight excluding hydrogens is 294 g/mol. The Morgan fingerprint density at radius 2 is 2.32 bits per heavy atom. The van der Waals surface area contributed by atoms with Crippen LogP contribution in [0, 0.1) is 5.92 Å². The molecule has 2 N–H and O–H groups in total. The second kappa shape index (κ2) is 5.57. The lowest BCUT2D eigenvalue weighted by atomic mass is 9.89. The predicted molar refractivity (Wildman–Crippen MR) is 87.8 cm³/mol. The van der Waals surface area contributed by atoms with E-state index in [1.807, 2.05) is 12.1 Å². The highest BCUT2D eigenvalue weighted by Gasteiger charge is 2.25. The molecule has 0 saturated carbocycles. The van der Waals surface area contributed by atoms with Gasteiger partial charge in [0.1, 0.15) is 0 Å². The van der Waals surface area contributed by atoms with Crippen LogP contribution in [0.3, 0.4) is 0 Å². The molecule has 1 aliphatic rings. The summed E-state index contributed by atoms with van der Waals surface area (Å²) in [7, 11) is 0. The van der Waals surface area contributed by atoms with Gasteiger partial charge in [0.15, 0.2) is 0 Å². The zero-order valence-corrected chi connectivity index (χ0v) is 13.0. The number of imidazole rings is 1. The molecule has 0 bridgehead atoms. The summed E-state index contributed by atoms with van der Waals surface area (Å²) >= 11 is 1.74. The molecule has 3 aromatic rings. The van der Waals surface area contributed by atoms with E-state index in [2.05, 4.69) is 33.5 Å². The lowest BCUT2D eigenvalue weighted by Gasteiger charge is -2.20. The van der Waals surface area contributed by atoms with Crippen molar-refractivity contribution in [1.82, 2.24) is 15.3 Å². The number of H-pyrrole nitrogens is 1. The molecule has 1 atom stereocenters. The van der Waals surface area contributed by atoms with Gasteiger partial charge in [0.2, 0.25) is 5.91 Å². The number of thiophene rings is 1. The van der Waals surface area contributed by atoms with E-state index in [4.69, 9.17) is 0 Å². The number of carbonyl (C=O) groups excluding carboxylic acids is 1. The minimum absolute atomic E-state index is 0.0577. The second-order valence-corrected chi connectivity index (χ2v) is 6.90. The molecule has 0 radical (unpaired) electrons. The maximum Gasteiger partial charge on any atom is 0.223 e. The van der Waals surface area contributed by atoms with Crippen molar-refractivity contribution >= 4 is 27.3 Å². The fourth-order valence-corrected chi connectivity index (χ4v) is 4.07. The number of aromatic nitrogens is 2. The van der Waals surface area contributed by atoms with Gasteiger partial charge in [-0.3, -0.25) is 4.79 Å². The van der Waals surface area contributed by atoms with Crippen LogP contribution in [-0.4, -0.2) is 15.9 Å². The minimum Gasteiger partial charge on any atom is -0.351 e. The highest BCUT2D eigenvalue weighted by atomic mass is 32.1. The van der Waals surface area contributed by atoms with Gasteiger partial charge in [-0.15, -0.1) is 11.3 Å². The molecular formula is C17H17N3OS. The highest BCUT2D eigenvalue weighted by Crippen LogP contribution is 2.26. The van der Waals surface area contributed by atoms with Gasteiger partial charge < -0.3 is 10.3 Å². The maximum absolute atomic E-state index is 12.4. The van der Waals surface area contributed by atoms with Crippen molar-refractivity contribution < 1.29 is 4.79 Å². The van der Waals surface area contributed by atoms with Crippen molar-refractivity contribution in [1.29, 1.82) is 0 Å². The monoisotopic (exact) mass is 311 g/mol. The van der Waals surface area contributed by atoms with Crippen LogP contribution < -0.4 is 5.32 Å². The van der Waals surface area contributed by atoms with Crippen LogP contribution in [0.25, 0.3) is 10.1 Å². The molecule has 1 aromatic carbocycles. The van der Waals surface area contributed by atoms with E-state index in [9.17, 15) is 4.79 Å². The fraction of sp³-hybridized carbons (Fsp3) is 0.294. The summed E-state index contributed by atoms with van der Waals surface area (Å²) < 4.78 is 1.27. The number of aromatic amines is 1. The van der Waals surface area contributed by atoms with Crippen molar-refractivity contribution in [2.75, 3.05) is 0 Å². The van der Waals surface area contributed by atoms with Crippen LogP contribution in [0.4, 0.5) is 0 Å². The molecule has 0 saturated heterocycles. The Bertz CT molecular complexity index is 787. The molecule has 0 fully saturated rings. The van der Waals surface area contributed by atoms with Gasteiger partial charge in [-0.1, -0.05) is 18.2 Å². The summed E-state index contributed by atoms with van der Waals surface area (Å²) in [6.07, 6.45) is 4.27. The number of carbonyl (C=O) groups is 1. The topological polar surface area (TPSA) is 57.8 Å². The third-order valence-electron chi connectivity index (χ3n) is 4.27. The number of hydrogen-bond acceptors (Lipinski definition) is 3. The fourth-order valence-electron chi connectivity index (χ4n) is 3.07. The van der Waals surface area contributed by atoms with Gasteiger partial charge in [0.05, 0.1) is 18.6 Å². The summed E-state index contributed by atoms with van der Waals surface area (Å²) in [5.41, 5.74) is 2.24. The first-order valence-corrected chi connectivity index (χ1v) is 8.37. The van der Waals surface area contributed by atoms with Crippen molar-refractivity contribution in [2.24, 2.45) is 5.92 Å². The van der Waals surface area contributed by atoms with E-state index in [1.165, 1.54) is 15.0 Å². The molecule has 112 valence electrons. The van der Waals surface area contributed by atoms with E-state index in [1.54, 1.807) is 17.7 Å². The van der Waals surface area contributed by atoms with Gasteiger partial charge in [-0.05, 0) is 30.4 Å². The van der Waals surface area contributed by atoms with E-state index < -0.39 is 0 Å². The highest BCUT2D eigenvalue weighted by molar-refractivity contribution is 7.19. The first-order valence-electron chi connectivity index (χ1n) is 7.56. The Morgan fingerprint density at radius 1 is 1.41 bits per heavy atom. The number of hydrogen-bond donors (Lipinski definition) is 2. The Kier molecular flexibility index (Phi) is 3.42. The van der Waals surface area contributed by atoms with Crippen LogP contribution >= 0.6 is 11.3 Å². The molecule has 1 amide bonds. The lowest BCUT2D eigenvalue weighted by Crippen LogP contribution is -2.33. The third kappa shape index (κ3) is 2.52. The van der Waals surface area contributed by atoms with E-state index in [0.29, 0.717) is 6.54 Å². The van der Waals surface area contributed by atoms with Crippen molar-refractivity contribution in [3.63, 3.8) is 0 Å². The molecule has 1 aliphatic carbocycles. The number of fused-ring (bicyclic) bond motifs is 2. The largest absolute Gasteiger partial charge is 0.351 e. The Balaban J connectivity index is 1.40. The molecule has 2 aromatic heterocycles. The van der Waals surface area contributed by atoms with Crippen molar-refractivity contribution in [3.05, 3.63) is 52.9 Å². The van der Waals surface area contributed by atoms with Crippen molar-refractivity contribution in [3.8, 4) is 0 Å². The van der Waals surface area contributed by atoms with E-state index >= 15 is 0 Å². The molecule has 22 heavy (non-hydrogen) atoms. The normalized spacial score (nSPS) is 17.4. The van der Waals surface area contributed by atoms with Crippen molar-refractivity contribution in [2.45, 2.75) is 25.8 Å². The standard InChI is InChI=1S/C17H17N3OS/c21-17(12-5-6-14-15(8-12)20-10-19-14)18-9-13-7-11-3-1-2-4-16(11)22-13/h1-4,7,10,12H,5-6,8-9H2,(H,18,21)(H,19,20). The molecule has 0 aliphatic heterocycles. The smallest absolute Gasteiger partial charge is 0.223 e. The predicted octanol–water partition coefficient (Wildman–Crippen LogP) is 3.05. The van der Waals surface area contributed by atoms with Gasteiger partial charge in [0.25, 0.3) is 0 Å². The van der Waals surface area contributed by atoms with E-state index in [0.717, 1.165) is 30.7 Å². The molecule has 0 spiro atoms. The van der Waals surface area contributed by atoms with Crippen LogP contribution in [0.2, 0.25) is 0 Å². The Hall–Kier alpha value is -2.14. The third-order valence-corrected chi connectivity index (χ3v) is 5.39. The average Bonchev–Trinajstić information content (AvgIpc) is 3.17. The van der Waals surface area contributed by atoms with Gasteiger partial charge >= 0.3 is 0 Å². The quantitative estimate of drug-likeness (QED) is 0.781. The molecule has 4 nitrogen and oxygen atoms in total. The summed E-state index contributed by atoms with van der Waals surface area (Å²) in [6.45, 7) is 0.616. The Morgan fingerprint density at radius 3 is 3.23 bits per heavy atom. The van der Waals surface area contributed by atoms with Crippen LogP contribution in [-0.2, 0) is 24.2 Å². The number of rotatable bonds is 3. The summed E-state index contributed by atoms with van der Waals surface area (Å²) in [6, 6.07) is 10.5.